The second-order valence-corrected chi connectivity index (χ2v) is 4.07. The maximum absolute atomic E-state index is 10.6. The van der Waals surface area contributed by atoms with E-state index in [2.05, 4.69) is 37.2 Å². The average molecular weight is 324 g/mol. The number of carbonyl (C=O) groups is 1. The Kier molecular flexibility index (Phi) is 3.59. The van der Waals surface area contributed by atoms with Gasteiger partial charge in [0.05, 0.1) is 4.92 Å². The Hall–Kier alpha value is -0.950. The Morgan fingerprint density at radius 2 is 2.07 bits per heavy atom. The molecule has 1 amide bonds. The van der Waals surface area contributed by atoms with E-state index in [1.54, 1.807) is 6.07 Å². The first-order valence-electron chi connectivity index (χ1n) is 3.40. The lowest BCUT2D eigenvalue weighted by molar-refractivity contribution is -0.384. The van der Waals surface area contributed by atoms with Crippen molar-refractivity contribution in [2.75, 3.05) is 5.32 Å². The van der Waals surface area contributed by atoms with Crippen LogP contribution in [0.4, 0.5) is 11.4 Å². The summed E-state index contributed by atoms with van der Waals surface area (Å²) in [5.41, 5.74) is -0.0217. The summed E-state index contributed by atoms with van der Waals surface area (Å²) in [7, 11) is 0. The molecule has 0 radical (unpaired) electrons. The van der Waals surface area contributed by atoms with Gasteiger partial charge in [-0.05, 0) is 22.0 Å². The van der Waals surface area contributed by atoms with Crippen LogP contribution in [0.15, 0.2) is 21.1 Å². The van der Waals surface area contributed by atoms with Crippen molar-refractivity contribution in [2.24, 2.45) is 0 Å². The molecule has 7 heteroatoms. The Bertz CT molecular complexity index is 395. The van der Waals surface area contributed by atoms with Crippen molar-refractivity contribution in [3.8, 4) is 0 Å². The Morgan fingerprint density at radius 3 is 2.57 bits per heavy atom. The molecule has 74 valence electrons. The van der Waals surface area contributed by atoms with E-state index >= 15 is 0 Å². The number of nitrogens with one attached hydrogen (secondary N) is 1. The van der Waals surface area contributed by atoms with Gasteiger partial charge in [0.15, 0.2) is 0 Å². The molecule has 0 bridgehead atoms. The maximum Gasteiger partial charge on any atom is 0.295 e. The van der Waals surface area contributed by atoms with Gasteiger partial charge in [-0.25, -0.2) is 0 Å². The van der Waals surface area contributed by atoms with Crippen LogP contribution >= 0.6 is 31.9 Å². The molecule has 0 atom stereocenters. The highest BCUT2D eigenvalue weighted by Crippen LogP contribution is 2.35. The van der Waals surface area contributed by atoms with Crippen molar-refractivity contribution >= 4 is 49.6 Å². The molecular formula is C7H4Br2N2O3. The van der Waals surface area contributed by atoms with E-state index in [0.717, 1.165) is 0 Å². The van der Waals surface area contributed by atoms with Crippen LogP contribution in [-0.2, 0) is 4.79 Å². The third-order valence-electron chi connectivity index (χ3n) is 1.43. The van der Waals surface area contributed by atoms with Gasteiger partial charge in [-0.1, -0.05) is 15.9 Å². The molecule has 0 aromatic heterocycles. The number of nitrogens with zero attached hydrogens (tertiary/aromatic N) is 1. The predicted molar refractivity (Wildman–Crippen MR) is 58.2 cm³/mol. The molecule has 0 aliphatic rings. The number of halogens is 2. The largest absolute Gasteiger partial charge is 0.322 e. The van der Waals surface area contributed by atoms with E-state index in [1.165, 1.54) is 6.07 Å². The maximum atomic E-state index is 10.6. The summed E-state index contributed by atoms with van der Waals surface area (Å²) in [6.07, 6.45) is 0.390. The second kappa shape index (κ2) is 4.52. The van der Waals surface area contributed by atoms with Crippen molar-refractivity contribution in [2.45, 2.75) is 0 Å². The third-order valence-corrected chi connectivity index (χ3v) is 2.52. The molecule has 1 aromatic carbocycles. The normalized spacial score (nSPS) is 9.57. The number of carbonyl (C=O) groups excluding carboxylic acids is 1. The molecule has 1 N–H and O–H groups in total. The first-order valence-corrected chi connectivity index (χ1v) is 4.98. The van der Waals surface area contributed by atoms with Crippen LogP contribution in [0.2, 0.25) is 0 Å². The van der Waals surface area contributed by atoms with E-state index in [9.17, 15) is 14.9 Å². The SMILES string of the molecule is O=CNc1c(Br)cc(Br)cc1[N+](=O)[O-]. The molecule has 0 aliphatic heterocycles. The predicted octanol–water partition coefficient (Wildman–Crippen LogP) is 2.69. The van der Waals surface area contributed by atoms with E-state index in [-0.39, 0.29) is 11.4 Å². The summed E-state index contributed by atoms with van der Waals surface area (Å²) in [6, 6.07) is 2.93. The van der Waals surface area contributed by atoms with Crippen molar-refractivity contribution < 1.29 is 9.72 Å². The molecule has 14 heavy (non-hydrogen) atoms. The summed E-state index contributed by atoms with van der Waals surface area (Å²) in [6.45, 7) is 0. The van der Waals surface area contributed by atoms with Crippen LogP contribution in [0.1, 0.15) is 0 Å². The molecule has 0 heterocycles. The summed E-state index contributed by atoms with van der Waals surface area (Å²) in [4.78, 5) is 20.3. The van der Waals surface area contributed by atoms with Gasteiger partial charge >= 0.3 is 0 Å². The van der Waals surface area contributed by atoms with Crippen molar-refractivity contribution in [3.63, 3.8) is 0 Å². The van der Waals surface area contributed by atoms with E-state index < -0.39 is 4.92 Å². The van der Waals surface area contributed by atoms with Gasteiger partial charge in [0.2, 0.25) is 6.41 Å². The van der Waals surface area contributed by atoms with Gasteiger partial charge < -0.3 is 5.32 Å². The van der Waals surface area contributed by atoms with Gasteiger partial charge in [-0.3, -0.25) is 14.9 Å². The van der Waals surface area contributed by atoms with Crippen LogP contribution in [0.5, 0.6) is 0 Å². The molecule has 0 fully saturated rings. The molecule has 1 aromatic rings. The first kappa shape index (κ1) is 11.1. The standard InChI is InChI=1S/C7H4Br2N2O3/c8-4-1-5(9)7(10-3-12)6(2-4)11(13)14/h1-3H,(H,10,12). The number of nitro benzene ring substituents is 1. The number of amides is 1. The highest BCUT2D eigenvalue weighted by atomic mass is 79.9. The minimum absolute atomic E-state index is 0.146. The quantitative estimate of drug-likeness (QED) is 0.528. The lowest BCUT2D eigenvalue weighted by Gasteiger charge is -2.04. The summed E-state index contributed by atoms with van der Waals surface area (Å²) >= 11 is 6.23. The number of benzene rings is 1. The number of anilines is 1. The fourth-order valence-electron chi connectivity index (χ4n) is 0.906. The topological polar surface area (TPSA) is 72.2 Å². The molecular weight excluding hydrogens is 320 g/mol. The van der Waals surface area contributed by atoms with Crippen molar-refractivity contribution in [1.29, 1.82) is 0 Å². The summed E-state index contributed by atoms with van der Waals surface area (Å²) in [5, 5.41) is 12.9. The van der Waals surface area contributed by atoms with E-state index in [1.807, 2.05) is 0 Å². The first-order chi connectivity index (χ1) is 6.56. The molecule has 0 saturated heterocycles. The highest BCUT2D eigenvalue weighted by Gasteiger charge is 2.17. The lowest BCUT2D eigenvalue weighted by Crippen LogP contribution is -2.00. The zero-order valence-electron chi connectivity index (χ0n) is 6.66. The van der Waals surface area contributed by atoms with Crippen LogP contribution in [-0.4, -0.2) is 11.3 Å². The van der Waals surface area contributed by atoms with E-state index in [4.69, 9.17) is 0 Å². The minimum atomic E-state index is -0.568. The number of hydrogen-bond donors (Lipinski definition) is 1. The zero-order chi connectivity index (χ0) is 10.7. The molecule has 0 unspecified atom stereocenters. The second-order valence-electron chi connectivity index (χ2n) is 2.30. The van der Waals surface area contributed by atoms with Gasteiger partial charge in [0.1, 0.15) is 5.69 Å². The summed E-state index contributed by atoms with van der Waals surface area (Å²) < 4.78 is 1.01. The lowest BCUT2D eigenvalue weighted by atomic mass is 10.3. The van der Waals surface area contributed by atoms with Crippen LogP contribution < -0.4 is 5.32 Å². The molecule has 0 saturated carbocycles. The molecule has 0 aliphatic carbocycles. The van der Waals surface area contributed by atoms with Crippen LogP contribution in [0, 0.1) is 10.1 Å². The Balaban J connectivity index is 3.35. The van der Waals surface area contributed by atoms with E-state index in [0.29, 0.717) is 15.4 Å². The Morgan fingerprint density at radius 1 is 1.43 bits per heavy atom. The van der Waals surface area contributed by atoms with Crippen molar-refractivity contribution in [3.05, 3.63) is 31.2 Å². The van der Waals surface area contributed by atoms with Gasteiger partial charge in [-0.2, -0.15) is 0 Å². The molecule has 5 nitrogen and oxygen atoms in total. The fraction of sp³-hybridized carbons (Fsp3) is 0. The fourth-order valence-corrected chi connectivity index (χ4v) is 2.22. The average Bonchev–Trinajstić information content (AvgIpc) is 2.09. The zero-order valence-corrected chi connectivity index (χ0v) is 9.83. The molecule has 1 rings (SSSR count). The highest BCUT2D eigenvalue weighted by molar-refractivity contribution is 9.11. The van der Waals surface area contributed by atoms with Crippen molar-refractivity contribution in [1.82, 2.24) is 0 Å². The smallest absolute Gasteiger partial charge is 0.295 e. The minimum Gasteiger partial charge on any atom is -0.322 e. The summed E-state index contributed by atoms with van der Waals surface area (Å²) in [5.74, 6) is 0. The van der Waals surface area contributed by atoms with Gasteiger partial charge in [-0.15, -0.1) is 0 Å². The van der Waals surface area contributed by atoms with Crippen LogP contribution in [0.3, 0.4) is 0 Å². The monoisotopic (exact) mass is 322 g/mol. The number of nitro groups is 1. The molecule has 0 spiro atoms. The van der Waals surface area contributed by atoms with Gasteiger partial charge in [0, 0.05) is 15.0 Å². The number of hydrogen-bond acceptors (Lipinski definition) is 3. The van der Waals surface area contributed by atoms with Crippen LogP contribution in [0.25, 0.3) is 0 Å². The van der Waals surface area contributed by atoms with Gasteiger partial charge in [0.25, 0.3) is 5.69 Å². The number of rotatable bonds is 3. The third kappa shape index (κ3) is 2.30. The Labute approximate surface area is 95.9 Å².